The highest BCUT2D eigenvalue weighted by atomic mass is 79.9. The quantitative estimate of drug-likeness (QED) is 0.715. The van der Waals surface area contributed by atoms with Gasteiger partial charge in [0.05, 0.1) is 11.8 Å². The van der Waals surface area contributed by atoms with Crippen molar-refractivity contribution < 1.29 is 9.21 Å². The van der Waals surface area contributed by atoms with Crippen molar-refractivity contribution >= 4 is 37.8 Å². The highest BCUT2D eigenvalue weighted by molar-refractivity contribution is 9.10. The van der Waals surface area contributed by atoms with Crippen LogP contribution in [0.4, 0.5) is 0 Å². The Balaban J connectivity index is 1.86. The number of fused-ring (bicyclic) bond motifs is 2. The van der Waals surface area contributed by atoms with Gasteiger partial charge in [-0.1, -0.05) is 15.9 Å². The third kappa shape index (κ3) is 1.97. The molecule has 2 saturated heterocycles. The molecule has 2 aliphatic heterocycles. The van der Waals surface area contributed by atoms with Gasteiger partial charge in [0, 0.05) is 16.9 Å². The van der Waals surface area contributed by atoms with Gasteiger partial charge >= 0.3 is 0 Å². The topological polar surface area (TPSA) is 33.5 Å². The summed E-state index contributed by atoms with van der Waals surface area (Å²) in [5.74, 6) is 0.109. The third-order valence-electron chi connectivity index (χ3n) is 3.76. The number of hydrogen-bond donors (Lipinski definition) is 0. The molecule has 2 aliphatic rings. The number of amides is 1. The predicted molar refractivity (Wildman–Crippen MR) is 71.3 cm³/mol. The number of carbonyl (C=O) groups excluding carboxylic acids is 1. The summed E-state index contributed by atoms with van der Waals surface area (Å²) in [6, 6.07) is 2.53. The summed E-state index contributed by atoms with van der Waals surface area (Å²) in [4.78, 5) is 15.1. The minimum Gasteiger partial charge on any atom is -0.457 e. The van der Waals surface area contributed by atoms with E-state index in [9.17, 15) is 4.79 Å². The molecule has 17 heavy (non-hydrogen) atoms. The van der Waals surface area contributed by atoms with E-state index in [1.807, 2.05) is 0 Å². The van der Waals surface area contributed by atoms with E-state index in [2.05, 4.69) is 36.8 Å². The summed E-state index contributed by atoms with van der Waals surface area (Å²) in [5, 5.41) is 0. The lowest BCUT2D eigenvalue weighted by Gasteiger charge is -2.37. The van der Waals surface area contributed by atoms with Crippen LogP contribution in [0.3, 0.4) is 0 Å². The fourth-order valence-corrected chi connectivity index (χ4v) is 4.30. The van der Waals surface area contributed by atoms with E-state index in [4.69, 9.17) is 4.42 Å². The van der Waals surface area contributed by atoms with Crippen molar-refractivity contribution in [2.24, 2.45) is 0 Å². The number of halogens is 2. The molecule has 3 nitrogen and oxygen atoms in total. The summed E-state index contributed by atoms with van der Waals surface area (Å²) in [6.07, 6.45) is 5.95. The van der Waals surface area contributed by atoms with Gasteiger partial charge in [-0.3, -0.25) is 4.79 Å². The van der Waals surface area contributed by atoms with E-state index < -0.39 is 0 Å². The fourth-order valence-electron chi connectivity index (χ4n) is 3.03. The molecule has 0 N–H and O–H groups in total. The van der Waals surface area contributed by atoms with Gasteiger partial charge in [-0.25, -0.2) is 0 Å². The summed E-state index contributed by atoms with van der Waals surface area (Å²) >= 11 is 6.97. The molecule has 0 spiro atoms. The largest absolute Gasteiger partial charge is 0.457 e. The van der Waals surface area contributed by atoms with Crippen LogP contribution in [0.15, 0.2) is 21.4 Å². The molecule has 1 amide bonds. The first-order chi connectivity index (χ1) is 8.16. The SMILES string of the molecule is O=C(c1ccoc1Br)N1C2CCC1CC(Br)C2. The lowest BCUT2D eigenvalue weighted by Crippen LogP contribution is -2.46. The molecule has 3 heterocycles. The highest BCUT2D eigenvalue weighted by Gasteiger charge is 2.43. The van der Waals surface area contributed by atoms with Crippen molar-refractivity contribution in [3.05, 3.63) is 22.6 Å². The van der Waals surface area contributed by atoms with Gasteiger partial charge in [-0.05, 0) is 47.7 Å². The zero-order valence-electron chi connectivity index (χ0n) is 9.23. The van der Waals surface area contributed by atoms with Crippen LogP contribution in [0.5, 0.6) is 0 Å². The maximum atomic E-state index is 12.5. The Hall–Kier alpha value is -0.290. The number of alkyl halides is 1. The predicted octanol–water partition coefficient (Wildman–Crippen LogP) is 3.57. The van der Waals surface area contributed by atoms with Crippen molar-refractivity contribution in [3.63, 3.8) is 0 Å². The van der Waals surface area contributed by atoms with E-state index >= 15 is 0 Å². The number of hydrogen-bond acceptors (Lipinski definition) is 2. The standard InChI is InChI=1S/C12H13Br2NO2/c13-7-5-8-1-2-9(6-7)15(8)12(16)10-3-4-17-11(10)14/h3-4,7-9H,1-2,5-6H2. The zero-order valence-corrected chi connectivity index (χ0v) is 12.4. The van der Waals surface area contributed by atoms with Crippen molar-refractivity contribution in [2.45, 2.75) is 42.6 Å². The molecule has 1 aromatic heterocycles. The summed E-state index contributed by atoms with van der Waals surface area (Å²) < 4.78 is 5.69. The van der Waals surface area contributed by atoms with E-state index in [-0.39, 0.29) is 5.91 Å². The molecule has 5 heteroatoms. The third-order valence-corrected chi connectivity index (χ3v) is 5.12. The molecule has 3 rings (SSSR count). The van der Waals surface area contributed by atoms with Crippen molar-refractivity contribution in [1.29, 1.82) is 0 Å². The maximum absolute atomic E-state index is 12.5. The van der Waals surface area contributed by atoms with E-state index in [0.29, 0.717) is 27.1 Å². The molecular formula is C12H13Br2NO2. The van der Waals surface area contributed by atoms with Crippen LogP contribution in [0.1, 0.15) is 36.0 Å². The molecule has 0 aromatic carbocycles. The Morgan fingerprint density at radius 1 is 1.35 bits per heavy atom. The number of furan rings is 1. The first kappa shape index (κ1) is 11.8. The van der Waals surface area contributed by atoms with Crippen LogP contribution in [-0.2, 0) is 0 Å². The second kappa shape index (κ2) is 4.43. The van der Waals surface area contributed by atoms with Gasteiger partial charge in [0.1, 0.15) is 0 Å². The monoisotopic (exact) mass is 361 g/mol. The molecule has 2 bridgehead atoms. The van der Waals surface area contributed by atoms with Crippen LogP contribution in [-0.4, -0.2) is 27.7 Å². The lowest BCUT2D eigenvalue weighted by atomic mass is 10.0. The van der Waals surface area contributed by atoms with Gasteiger partial charge < -0.3 is 9.32 Å². The Morgan fingerprint density at radius 2 is 2.00 bits per heavy atom. The minimum atomic E-state index is 0.109. The molecule has 2 atom stereocenters. The molecule has 0 saturated carbocycles. The summed E-state index contributed by atoms with van der Waals surface area (Å²) in [7, 11) is 0. The fraction of sp³-hybridized carbons (Fsp3) is 0.583. The van der Waals surface area contributed by atoms with Gasteiger partial charge in [0.25, 0.3) is 5.91 Å². The number of nitrogens with zero attached hydrogens (tertiary/aromatic N) is 1. The van der Waals surface area contributed by atoms with Crippen molar-refractivity contribution in [1.82, 2.24) is 4.90 Å². The van der Waals surface area contributed by atoms with Gasteiger partial charge in [0.2, 0.25) is 0 Å². The molecule has 1 aromatic rings. The molecule has 0 radical (unpaired) electrons. The summed E-state index contributed by atoms with van der Waals surface area (Å²) in [6.45, 7) is 0. The van der Waals surface area contributed by atoms with Crippen molar-refractivity contribution in [2.75, 3.05) is 0 Å². The maximum Gasteiger partial charge on any atom is 0.258 e. The van der Waals surface area contributed by atoms with Crippen LogP contribution in [0, 0.1) is 0 Å². The molecule has 92 valence electrons. The number of rotatable bonds is 1. The Labute approximate surface area is 117 Å². The van der Waals surface area contributed by atoms with E-state index in [1.54, 1.807) is 12.3 Å². The Kier molecular flexibility index (Phi) is 3.07. The van der Waals surface area contributed by atoms with Crippen LogP contribution >= 0.6 is 31.9 Å². The van der Waals surface area contributed by atoms with Crippen molar-refractivity contribution in [3.8, 4) is 0 Å². The highest BCUT2D eigenvalue weighted by Crippen LogP contribution is 2.39. The molecule has 0 aliphatic carbocycles. The lowest BCUT2D eigenvalue weighted by molar-refractivity contribution is 0.0601. The second-order valence-corrected chi connectivity index (χ2v) is 6.79. The Morgan fingerprint density at radius 3 is 2.53 bits per heavy atom. The first-order valence-electron chi connectivity index (χ1n) is 5.86. The van der Waals surface area contributed by atoms with Crippen LogP contribution in [0.25, 0.3) is 0 Å². The smallest absolute Gasteiger partial charge is 0.258 e. The molecule has 2 unspecified atom stereocenters. The normalized spacial score (nSPS) is 31.9. The van der Waals surface area contributed by atoms with Crippen LogP contribution < -0.4 is 0 Å². The average molecular weight is 363 g/mol. The van der Waals surface area contributed by atoms with Gasteiger partial charge in [-0.15, -0.1) is 0 Å². The van der Waals surface area contributed by atoms with Gasteiger partial charge in [-0.2, -0.15) is 0 Å². The van der Waals surface area contributed by atoms with Gasteiger partial charge in [0.15, 0.2) is 4.67 Å². The second-order valence-electron chi connectivity index (χ2n) is 4.77. The van der Waals surface area contributed by atoms with Crippen LogP contribution in [0.2, 0.25) is 0 Å². The zero-order chi connectivity index (χ0) is 12.0. The molecular weight excluding hydrogens is 350 g/mol. The van der Waals surface area contributed by atoms with E-state index in [0.717, 1.165) is 25.7 Å². The average Bonchev–Trinajstić information content (AvgIpc) is 2.81. The minimum absolute atomic E-state index is 0.109. The number of piperidine rings is 1. The van der Waals surface area contributed by atoms with E-state index in [1.165, 1.54) is 0 Å². The summed E-state index contributed by atoms with van der Waals surface area (Å²) in [5.41, 5.74) is 0.648. The first-order valence-corrected chi connectivity index (χ1v) is 7.57. The molecule has 2 fully saturated rings. The Bertz CT molecular complexity index is 431. The number of carbonyl (C=O) groups is 1.